The molecule has 0 radical (unpaired) electrons. The van der Waals surface area contributed by atoms with Crippen LogP contribution in [0.3, 0.4) is 0 Å². The van der Waals surface area contributed by atoms with Crippen molar-refractivity contribution < 1.29 is 9.47 Å². The van der Waals surface area contributed by atoms with E-state index in [4.69, 9.17) is 21.1 Å². The first-order valence-electron chi connectivity index (χ1n) is 11.6. The van der Waals surface area contributed by atoms with Gasteiger partial charge in [0.2, 0.25) is 0 Å². The summed E-state index contributed by atoms with van der Waals surface area (Å²) in [5.74, 6) is 1.79. The Balaban J connectivity index is 1.44. The molecule has 0 atom stereocenters. The molecular formula is C28H31ClN2O2. The Morgan fingerprint density at radius 1 is 1.12 bits per heavy atom. The normalized spacial score (nSPS) is 17.0. The maximum atomic E-state index is 6.09. The Bertz CT molecular complexity index is 1060. The van der Waals surface area contributed by atoms with Crippen molar-refractivity contribution in [3.63, 3.8) is 0 Å². The van der Waals surface area contributed by atoms with Crippen molar-refractivity contribution in [3.8, 4) is 11.5 Å². The van der Waals surface area contributed by atoms with Gasteiger partial charge in [-0.3, -0.25) is 4.99 Å². The Morgan fingerprint density at radius 2 is 1.88 bits per heavy atom. The van der Waals surface area contributed by atoms with Crippen LogP contribution in [0.25, 0.3) is 5.57 Å². The van der Waals surface area contributed by atoms with E-state index in [9.17, 15) is 0 Å². The van der Waals surface area contributed by atoms with Crippen LogP contribution in [0.2, 0.25) is 5.02 Å². The molecule has 2 heterocycles. The van der Waals surface area contributed by atoms with E-state index in [1.165, 1.54) is 11.1 Å². The number of allylic oxidation sites excluding steroid dienone is 4. The molecule has 33 heavy (non-hydrogen) atoms. The van der Waals surface area contributed by atoms with Crippen LogP contribution in [0.1, 0.15) is 31.7 Å². The van der Waals surface area contributed by atoms with Gasteiger partial charge in [-0.1, -0.05) is 47.5 Å². The summed E-state index contributed by atoms with van der Waals surface area (Å²) in [5.41, 5.74) is 5.93. The summed E-state index contributed by atoms with van der Waals surface area (Å²) >= 11 is 5.93. The van der Waals surface area contributed by atoms with Gasteiger partial charge in [-0.15, -0.1) is 0 Å². The van der Waals surface area contributed by atoms with Crippen LogP contribution in [0.4, 0.5) is 0 Å². The third-order valence-corrected chi connectivity index (χ3v) is 6.39. The molecular weight excluding hydrogens is 432 g/mol. The zero-order valence-electron chi connectivity index (χ0n) is 19.2. The van der Waals surface area contributed by atoms with Gasteiger partial charge in [-0.25, -0.2) is 0 Å². The minimum absolute atomic E-state index is 0.441. The van der Waals surface area contributed by atoms with Crippen LogP contribution in [-0.4, -0.2) is 44.5 Å². The van der Waals surface area contributed by atoms with E-state index in [0.29, 0.717) is 13.2 Å². The SMILES string of the molecule is C=NC1=C(C=CC)C(=C2CCN(CCCOc3ccc(Cl)cc3)CC2)c2ccccc2OC1. The van der Waals surface area contributed by atoms with E-state index in [-0.39, 0.29) is 0 Å². The lowest BCUT2D eigenvalue weighted by molar-refractivity contribution is 0.223. The minimum atomic E-state index is 0.441. The predicted octanol–water partition coefficient (Wildman–Crippen LogP) is 6.58. The molecule has 4 rings (SSSR count). The van der Waals surface area contributed by atoms with E-state index in [2.05, 4.69) is 40.9 Å². The van der Waals surface area contributed by atoms with Gasteiger partial charge in [0.25, 0.3) is 0 Å². The molecule has 172 valence electrons. The van der Waals surface area contributed by atoms with Crippen molar-refractivity contribution in [2.75, 3.05) is 32.8 Å². The van der Waals surface area contributed by atoms with Crippen molar-refractivity contribution >= 4 is 23.9 Å². The number of hydrogen-bond acceptors (Lipinski definition) is 4. The van der Waals surface area contributed by atoms with Crippen LogP contribution >= 0.6 is 11.6 Å². The van der Waals surface area contributed by atoms with E-state index in [1.54, 1.807) is 0 Å². The number of nitrogens with zero attached hydrogens (tertiary/aromatic N) is 2. The van der Waals surface area contributed by atoms with Crippen LogP contribution in [-0.2, 0) is 0 Å². The van der Waals surface area contributed by atoms with E-state index in [0.717, 1.165) is 72.3 Å². The molecule has 2 aliphatic heterocycles. The van der Waals surface area contributed by atoms with Crippen LogP contribution in [0, 0.1) is 0 Å². The molecule has 4 nitrogen and oxygen atoms in total. The second-order valence-corrected chi connectivity index (χ2v) is 8.72. The first kappa shape index (κ1) is 23.3. The summed E-state index contributed by atoms with van der Waals surface area (Å²) in [6, 6.07) is 15.9. The summed E-state index contributed by atoms with van der Waals surface area (Å²) in [6.45, 7) is 10.1. The van der Waals surface area contributed by atoms with E-state index >= 15 is 0 Å². The number of ether oxygens (including phenoxy) is 2. The Hall–Kier alpha value is -2.82. The van der Waals surface area contributed by atoms with Crippen molar-refractivity contribution in [2.24, 2.45) is 4.99 Å². The summed E-state index contributed by atoms with van der Waals surface area (Å²) in [7, 11) is 0. The highest BCUT2D eigenvalue weighted by atomic mass is 35.5. The fourth-order valence-electron chi connectivity index (χ4n) is 4.48. The molecule has 0 amide bonds. The lowest BCUT2D eigenvalue weighted by Gasteiger charge is -2.30. The molecule has 2 aromatic carbocycles. The number of benzene rings is 2. The number of fused-ring (bicyclic) bond motifs is 1. The van der Waals surface area contributed by atoms with Gasteiger partial charge in [0, 0.05) is 35.8 Å². The second-order valence-electron chi connectivity index (χ2n) is 8.28. The standard InChI is InChI=1S/C28H31ClN2O2/c1-3-7-24-26(30-2)20-33-27-9-5-4-8-25(27)28(24)21-14-17-31(18-15-21)16-6-19-32-23-12-10-22(29)11-13-23/h3-5,7-13H,2,6,14-20H2,1H3. The van der Waals surface area contributed by atoms with Crippen LogP contribution in [0.5, 0.6) is 11.5 Å². The molecule has 2 aromatic rings. The van der Waals surface area contributed by atoms with Gasteiger partial charge in [-0.05, 0) is 68.8 Å². The molecule has 1 fully saturated rings. The van der Waals surface area contributed by atoms with Gasteiger partial charge in [0.05, 0.1) is 12.3 Å². The quantitative estimate of drug-likeness (QED) is 0.344. The number of halogens is 1. The number of hydrogen-bond donors (Lipinski definition) is 0. The molecule has 0 spiro atoms. The molecule has 1 saturated heterocycles. The zero-order chi connectivity index (χ0) is 23.0. The van der Waals surface area contributed by atoms with Crippen LogP contribution in [0.15, 0.2) is 82.5 Å². The largest absolute Gasteiger partial charge is 0.494 e. The first-order chi connectivity index (χ1) is 16.2. The van der Waals surface area contributed by atoms with Gasteiger partial charge in [0.1, 0.15) is 18.1 Å². The Kier molecular flexibility index (Phi) is 8.03. The molecule has 0 unspecified atom stereocenters. The second kappa shape index (κ2) is 11.4. The highest BCUT2D eigenvalue weighted by molar-refractivity contribution is 6.30. The van der Waals surface area contributed by atoms with Crippen molar-refractivity contribution in [1.82, 2.24) is 4.90 Å². The number of rotatable bonds is 7. The topological polar surface area (TPSA) is 34.1 Å². The Labute approximate surface area is 201 Å². The number of aliphatic imine (C=N–C) groups is 1. The van der Waals surface area contributed by atoms with E-state index < -0.39 is 0 Å². The van der Waals surface area contributed by atoms with Crippen LogP contribution < -0.4 is 9.47 Å². The molecule has 0 N–H and O–H groups in total. The smallest absolute Gasteiger partial charge is 0.131 e. The maximum absolute atomic E-state index is 6.09. The average molecular weight is 463 g/mol. The van der Waals surface area contributed by atoms with Gasteiger partial charge in [-0.2, -0.15) is 0 Å². The zero-order valence-corrected chi connectivity index (χ0v) is 20.0. The number of para-hydroxylation sites is 1. The predicted molar refractivity (Wildman–Crippen MR) is 137 cm³/mol. The fraction of sp³-hybridized carbons (Fsp3) is 0.321. The number of likely N-dealkylation sites (tertiary alicyclic amines) is 1. The lowest BCUT2D eigenvalue weighted by Crippen LogP contribution is -2.32. The van der Waals surface area contributed by atoms with Gasteiger partial charge in [0.15, 0.2) is 0 Å². The molecule has 2 aliphatic rings. The molecule has 0 aromatic heterocycles. The molecule has 0 bridgehead atoms. The monoisotopic (exact) mass is 462 g/mol. The molecule has 0 saturated carbocycles. The fourth-order valence-corrected chi connectivity index (χ4v) is 4.60. The van der Waals surface area contributed by atoms with Crippen molar-refractivity contribution in [2.45, 2.75) is 26.2 Å². The lowest BCUT2D eigenvalue weighted by atomic mass is 9.87. The van der Waals surface area contributed by atoms with Crippen molar-refractivity contribution in [3.05, 3.63) is 88.1 Å². The average Bonchev–Trinajstić information content (AvgIpc) is 3.00. The van der Waals surface area contributed by atoms with E-state index in [1.807, 2.05) is 43.3 Å². The third kappa shape index (κ3) is 5.76. The molecule has 0 aliphatic carbocycles. The highest BCUT2D eigenvalue weighted by Gasteiger charge is 2.25. The number of piperidine rings is 1. The first-order valence-corrected chi connectivity index (χ1v) is 11.9. The maximum Gasteiger partial charge on any atom is 0.131 e. The summed E-state index contributed by atoms with van der Waals surface area (Å²) < 4.78 is 11.9. The van der Waals surface area contributed by atoms with Gasteiger partial charge < -0.3 is 14.4 Å². The summed E-state index contributed by atoms with van der Waals surface area (Å²) in [6.07, 6.45) is 7.29. The highest BCUT2D eigenvalue weighted by Crippen LogP contribution is 2.41. The summed E-state index contributed by atoms with van der Waals surface area (Å²) in [5, 5.41) is 0.729. The van der Waals surface area contributed by atoms with Crippen molar-refractivity contribution in [1.29, 1.82) is 0 Å². The summed E-state index contributed by atoms with van der Waals surface area (Å²) in [4.78, 5) is 6.85. The third-order valence-electron chi connectivity index (χ3n) is 6.14. The molecule has 5 heteroatoms. The van der Waals surface area contributed by atoms with Gasteiger partial charge >= 0.3 is 0 Å². The Morgan fingerprint density at radius 3 is 2.61 bits per heavy atom. The minimum Gasteiger partial charge on any atom is -0.494 e.